The van der Waals surface area contributed by atoms with Crippen molar-refractivity contribution in [1.82, 2.24) is 5.32 Å². The summed E-state index contributed by atoms with van der Waals surface area (Å²) in [6.45, 7) is 9.97. The zero-order chi connectivity index (χ0) is 12.7. The fraction of sp³-hybridized carbons (Fsp3) is 1.00. The van der Waals surface area contributed by atoms with Crippen molar-refractivity contribution in [2.24, 2.45) is 0 Å². The molecule has 1 fully saturated rings. The van der Waals surface area contributed by atoms with Crippen molar-refractivity contribution in [2.45, 2.75) is 77.7 Å². The van der Waals surface area contributed by atoms with E-state index in [0.29, 0.717) is 12.1 Å². The number of hydrogen-bond donors (Lipinski definition) is 1. The molecule has 1 rings (SSSR count). The first-order valence-corrected chi connectivity index (χ1v) is 7.11. The second-order valence-corrected chi connectivity index (χ2v) is 5.51. The van der Waals surface area contributed by atoms with Gasteiger partial charge in [0, 0.05) is 6.04 Å². The maximum Gasteiger partial charge on any atom is 0.162 e. The lowest BCUT2D eigenvalue weighted by Gasteiger charge is -2.37. The number of unbranched alkanes of at least 4 members (excludes halogenated alkanes) is 1. The normalized spacial score (nSPS) is 22.6. The van der Waals surface area contributed by atoms with Crippen LogP contribution in [0, 0.1) is 0 Å². The van der Waals surface area contributed by atoms with Gasteiger partial charge in [-0.15, -0.1) is 0 Å². The predicted molar refractivity (Wildman–Crippen MR) is 71.1 cm³/mol. The van der Waals surface area contributed by atoms with Crippen molar-refractivity contribution in [1.29, 1.82) is 0 Å². The minimum absolute atomic E-state index is 0.358. The van der Waals surface area contributed by atoms with E-state index in [9.17, 15) is 0 Å². The second kappa shape index (κ2) is 7.34. The first-order chi connectivity index (χ1) is 8.07. The van der Waals surface area contributed by atoms with Crippen molar-refractivity contribution in [3.8, 4) is 0 Å². The third-order valence-electron chi connectivity index (χ3n) is 3.28. The average Bonchev–Trinajstić information content (AvgIpc) is 2.29. The molecule has 1 aliphatic rings. The first kappa shape index (κ1) is 14.9. The van der Waals surface area contributed by atoms with Crippen LogP contribution < -0.4 is 5.32 Å². The minimum atomic E-state index is -0.401. The monoisotopic (exact) mass is 243 g/mol. The van der Waals surface area contributed by atoms with E-state index in [2.05, 4.69) is 19.2 Å². The van der Waals surface area contributed by atoms with E-state index in [1.165, 1.54) is 32.1 Å². The molecule has 1 heterocycles. The molecule has 102 valence electrons. The zero-order valence-corrected chi connectivity index (χ0v) is 11.9. The highest BCUT2D eigenvalue weighted by atomic mass is 16.7. The fourth-order valence-corrected chi connectivity index (χ4v) is 2.23. The van der Waals surface area contributed by atoms with Gasteiger partial charge < -0.3 is 14.8 Å². The Kier molecular flexibility index (Phi) is 6.45. The van der Waals surface area contributed by atoms with Gasteiger partial charge in [-0.3, -0.25) is 0 Å². The topological polar surface area (TPSA) is 30.5 Å². The Bertz CT molecular complexity index is 196. The van der Waals surface area contributed by atoms with Gasteiger partial charge >= 0.3 is 0 Å². The Labute approximate surface area is 106 Å². The SMILES string of the molecule is CCCCC(CCC)NC1COC(C)(C)OC1. The van der Waals surface area contributed by atoms with Crippen molar-refractivity contribution < 1.29 is 9.47 Å². The summed E-state index contributed by atoms with van der Waals surface area (Å²) in [6.07, 6.45) is 6.33. The van der Waals surface area contributed by atoms with Crippen LogP contribution in [0.4, 0.5) is 0 Å². The molecule has 0 amide bonds. The summed E-state index contributed by atoms with van der Waals surface area (Å²) in [5, 5.41) is 3.68. The molecule has 1 N–H and O–H groups in total. The van der Waals surface area contributed by atoms with Crippen molar-refractivity contribution in [3.63, 3.8) is 0 Å². The van der Waals surface area contributed by atoms with E-state index in [1.807, 2.05) is 13.8 Å². The van der Waals surface area contributed by atoms with Crippen LogP contribution in [-0.2, 0) is 9.47 Å². The molecule has 0 aromatic heterocycles. The largest absolute Gasteiger partial charge is 0.349 e. The summed E-state index contributed by atoms with van der Waals surface area (Å²) in [7, 11) is 0. The van der Waals surface area contributed by atoms with Gasteiger partial charge in [0.25, 0.3) is 0 Å². The smallest absolute Gasteiger partial charge is 0.162 e. The van der Waals surface area contributed by atoms with Crippen LogP contribution >= 0.6 is 0 Å². The summed E-state index contributed by atoms with van der Waals surface area (Å²) in [5.74, 6) is -0.401. The van der Waals surface area contributed by atoms with Crippen LogP contribution in [0.3, 0.4) is 0 Å². The predicted octanol–water partition coefficient (Wildman–Crippen LogP) is 3.09. The van der Waals surface area contributed by atoms with Gasteiger partial charge in [-0.1, -0.05) is 33.1 Å². The summed E-state index contributed by atoms with van der Waals surface area (Å²) in [5.41, 5.74) is 0. The Morgan fingerprint density at radius 1 is 1.12 bits per heavy atom. The lowest BCUT2D eigenvalue weighted by molar-refractivity contribution is -0.253. The summed E-state index contributed by atoms with van der Waals surface area (Å²) >= 11 is 0. The third-order valence-corrected chi connectivity index (χ3v) is 3.28. The van der Waals surface area contributed by atoms with E-state index >= 15 is 0 Å². The van der Waals surface area contributed by atoms with Gasteiger partial charge in [-0.2, -0.15) is 0 Å². The van der Waals surface area contributed by atoms with E-state index < -0.39 is 5.79 Å². The molecule has 3 heteroatoms. The number of nitrogens with one attached hydrogen (secondary N) is 1. The molecule has 3 nitrogen and oxygen atoms in total. The van der Waals surface area contributed by atoms with Gasteiger partial charge in [0.2, 0.25) is 0 Å². The van der Waals surface area contributed by atoms with Crippen LogP contribution in [0.5, 0.6) is 0 Å². The van der Waals surface area contributed by atoms with Crippen LogP contribution in [0.1, 0.15) is 59.8 Å². The molecule has 1 aliphatic heterocycles. The van der Waals surface area contributed by atoms with Crippen LogP contribution in [0.25, 0.3) is 0 Å². The highest BCUT2D eigenvalue weighted by Gasteiger charge is 2.29. The van der Waals surface area contributed by atoms with Crippen molar-refractivity contribution in [3.05, 3.63) is 0 Å². The molecule has 0 saturated carbocycles. The van der Waals surface area contributed by atoms with Crippen molar-refractivity contribution >= 4 is 0 Å². The maximum atomic E-state index is 5.68. The average molecular weight is 243 g/mol. The van der Waals surface area contributed by atoms with Gasteiger partial charge in [-0.05, 0) is 26.7 Å². The fourth-order valence-electron chi connectivity index (χ4n) is 2.23. The number of hydrogen-bond acceptors (Lipinski definition) is 3. The van der Waals surface area contributed by atoms with Crippen LogP contribution in [0.2, 0.25) is 0 Å². The highest BCUT2D eigenvalue weighted by Crippen LogP contribution is 2.18. The third kappa shape index (κ3) is 5.84. The summed E-state index contributed by atoms with van der Waals surface area (Å²) in [6, 6.07) is 0.981. The molecule has 1 unspecified atom stereocenters. The lowest BCUT2D eigenvalue weighted by atomic mass is 10.0. The van der Waals surface area contributed by atoms with Crippen LogP contribution in [0.15, 0.2) is 0 Å². The molecule has 0 bridgehead atoms. The molecule has 0 spiro atoms. The van der Waals surface area contributed by atoms with E-state index in [0.717, 1.165) is 13.2 Å². The Morgan fingerprint density at radius 3 is 2.29 bits per heavy atom. The van der Waals surface area contributed by atoms with Gasteiger partial charge in [0.15, 0.2) is 5.79 Å². The summed E-state index contributed by atoms with van der Waals surface area (Å²) in [4.78, 5) is 0. The van der Waals surface area contributed by atoms with Gasteiger partial charge in [-0.25, -0.2) is 0 Å². The highest BCUT2D eigenvalue weighted by molar-refractivity contribution is 4.78. The molecule has 0 aromatic carbocycles. The van der Waals surface area contributed by atoms with Crippen LogP contribution in [-0.4, -0.2) is 31.1 Å². The van der Waals surface area contributed by atoms with Gasteiger partial charge in [0.1, 0.15) is 0 Å². The minimum Gasteiger partial charge on any atom is -0.349 e. The molecule has 0 radical (unpaired) electrons. The maximum absolute atomic E-state index is 5.68. The van der Waals surface area contributed by atoms with Gasteiger partial charge in [0.05, 0.1) is 19.3 Å². The van der Waals surface area contributed by atoms with E-state index in [-0.39, 0.29) is 0 Å². The standard InChI is InChI=1S/C14H29NO2/c1-5-7-9-12(8-6-2)15-13-10-16-14(3,4)17-11-13/h12-13,15H,5-11H2,1-4H3. The van der Waals surface area contributed by atoms with E-state index in [1.54, 1.807) is 0 Å². The first-order valence-electron chi connectivity index (χ1n) is 7.11. The van der Waals surface area contributed by atoms with E-state index in [4.69, 9.17) is 9.47 Å². The number of rotatable bonds is 7. The Hall–Kier alpha value is -0.120. The van der Waals surface area contributed by atoms with Crippen molar-refractivity contribution in [2.75, 3.05) is 13.2 Å². The molecule has 1 saturated heterocycles. The molecule has 17 heavy (non-hydrogen) atoms. The molecule has 0 aliphatic carbocycles. The lowest BCUT2D eigenvalue weighted by Crippen LogP contribution is -2.51. The quantitative estimate of drug-likeness (QED) is 0.745. The molecular formula is C14H29NO2. The number of ether oxygens (including phenoxy) is 2. The second-order valence-electron chi connectivity index (χ2n) is 5.51. The summed E-state index contributed by atoms with van der Waals surface area (Å²) < 4.78 is 11.4. The Balaban J connectivity index is 2.29. The molecule has 0 aromatic rings. The Morgan fingerprint density at radius 2 is 1.76 bits per heavy atom. The molecule has 1 atom stereocenters. The molecular weight excluding hydrogens is 214 g/mol. The zero-order valence-electron chi connectivity index (χ0n) is 11.9.